The van der Waals surface area contributed by atoms with Crippen LogP contribution in [0.15, 0.2) is 52.4 Å². The zero-order valence-electron chi connectivity index (χ0n) is 15.4. The van der Waals surface area contributed by atoms with Crippen molar-refractivity contribution < 1.29 is 14.3 Å². The van der Waals surface area contributed by atoms with Crippen LogP contribution in [-0.2, 0) is 4.79 Å². The van der Waals surface area contributed by atoms with Crippen molar-refractivity contribution in [2.24, 2.45) is 4.99 Å². The number of hydrogen-bond donors (Lipinski definition) is 0. The molecule has 4 rings (SSSR count). The maximum absolute atomic E-state index is 12.9. The third-order valence-corrected chi connectivity index (χ3v) is 5.29. The van der Waals surface area contributed by atoms with Gasteiger partial charge in [0.2, 0.25) is 6.79 Å². The molecular formula is C21H20N2O3S. The van der Waals surface area contributed by atoms with Gasteiger partial charge in [-0.15, -0.1) is 0 Å². The fraction of sp³-hybridized carbons (Fsp3) is 0.238. The third-order valence-electron chi connectivity index (χ3n) is 4.31. The SMILES string of the molecule is Cc1ccc(N=C2S/C(=C/c3ccc4c(c3)OCO4)C(=O)N2C(C)C)cc1. The number of carbonyl (C=O) groups excluding carboxylic acids is 1. The van der Waals surface area contributed by atoms with Crippen molar-refractivity contribution in [3.8, 4) is 11.5 Å². The number of hydrogen-bond acceptors (Lipinski definition) is 5. The van der Waals surface area contributed by atoms with Crippen LogP contribution in [0.5, 0.6) is 11.5 Å². The molecular weight excluding hydrogens is 360 g/mol. The molecule has 6 heteroatoms. The first-order valence-corrected chi connectivity index (χ1v) is 9.61. The van der Waals surface area contributed by atoms with Crippen LogP contribution in [0.3, 0.4) is 0 Å². The minimum Gasteiger partial charge on any atom is -0.454 e. The van der Waals surface area contributed by atoms with Crippen LogP contribution >= 0.6 is 11.8 Å². The normalized spacial score (nSPS) is 19.0. The summed E-state index contributed by atoms with van der Waals surface area (Å²) in [4.78, 5) is 20.0. The van der Waals surface area contributed by atoms with Gasteiger partial charge in [0.05, 0.1) is 10.6 Å². The lowest BCUT2D eigenvalue weighted by molar-refractivity contribution is -0.123. The second kappa shape index (κ2) is 7.12. The first-order chi connectivity index (χ1) is 13.0. The summed E-state index contributed by atoms with van der Waals surface area (Å²) in [6.45, 7) is 6.26. The molecule has 138 valence electrons. The molecule has 1 saturated heterocycles. The maximum Gasteiger partial charge on any atom is 0.266 e. The molecule has 0 aliphatic carbocycles. The molecule has 0 saturated carbocycles. The topological polar surface area (TPSA) is 51.1 Å². The summed E-state index contributed by atoms with van der Waals surface area (Å²) < 4.78 is 10.8. The van der Waals surface area contributed by atoms with Gasteiger partial charge in [0.15, 0.2) is 16.7 Å². The van der Waals surface area contributed by atoms with Crippen LogP contribution in [-0.4, -0.2) is 28.8 Å². The summed E-state index contributed by atoms with van der Waals surface area (Å²) in [5, 5.41) is 0.700. The van der Waals surface area contributed by atoms with E-state index in [0.717, 1.165) is 17.0 Å². The van der Waals surface area contributed by atoms with Gasteiger partial charge in [-0.25, -0.2) is 4.99 Å². The molecule has 2 aliphatic rings. The minimum atomic E-state index is -0.0291. The molecule has 1 amide bonds. The largest absolute Gasteiger partial charge is 0.454 e. The monoisotopic (exact) mass is 380 g/mol. The standard InChI is InChI=1S/C21H20N2O3S/c1-13(2)23-20(24)19(11-15-6-9-17-18(10-15)26-12-25-17)27-21(23)22-16-7-4-14(3)5-8-16/h4-11,13H,12H2,1-3H3/b19-11+,22-21?. The van der Waals surface area contributed by atoms with Gasteiger partial charge in [-0.1, -0.05) is 23.8 Å². The highest BCUT2D eigenvalue weighted by Gasteiger charge is 2.35. The molecule has 2 heterocycles. The summed E-state index contributed by atoms with van der Waals surface area (Å²) in [5.74, 6) is 1.40. The Morgan fingerprint density at radius 2 is 1.85 bits per heavy atom. The molecule has 0 spiro atoms. The molecule has 0 aromatic heterocycles. The number of carbonyl (C=O) groups is 1. The van der Waals surface area contributed by atoms with Crippen molar-refractivity contribution in [2.45, 2.75) is 26.8 Å². The zero-order chi connectivity index (χ0) is 19.0. The second-order valence-electron chi connectivity index (χ2n) is 6.72. The average Bonchev–Trinajstić information content (AvgIpc) is 3.21. The average molecular weight is 380 g/mol. The minimum absolute atomic E-state index is 0.0249. The zero-order valence-corrected chi connectivity index (χ0v) is 16.2. The Bertz CT molecular complexity index is 948. The van der Waals surface area contributed by atoms with Gasteiger partial charge in [0, 0.05) is 6.04 Å². The van der Waals surface area contributed by atoms with Gasteiger partial charge in [-0.3, -0.25) is 9.69 Å². The van der Waals surface area contributed by atoms with Crippen LogP contribution in [0.25, 0.3) is 6.08 Å². The van der Waals surface area contributed by atoms with Gasteiger partial charge in [-0.05, 0) is 68.4 Å². The highest BCUT2D eigenvalue weighted by atomic mass is 32.2. The van der Waals surface area contributed by atoms with Gasteiger partial charge < -0.3 is 9.47 Å². The lowest BCUT2D eigenvalue weighted by Crippen LogP contribution is -2.35. The van der Waals surface area contributed by atoms with E-state index in [1.54, 1.807) is 4.90 Å². The maximum atomic E-state index is 12.9. The summed E-state index contributed by atoms with van der Waals surface area (Å²) in [7, 11) is 0. The Balaban J connectivity index is 1.67. The molecule has 0 radical (unpaired) electrons. The van der Waals surface area contributed by atoms with Crippen LogP contribution in [0.1, 0.15) is 25.0 Å². The third kappa shape index (κ3) is 3.57. The van der Waals surface area contributed by atoms with Crippen LogP contribution in [0, 0.1) is 6.92 Å². The van der Waals surface area contributed by atoms with Crippen LogP contribution in [0.4, 0.5) is 5.69 Å². The van der Waals surface area contributed by atoms with Crippen molar-refractivity contribution >= 4 is 34.6 Å². The number of rotatable bonds is 3. The van der Waals surface area contributed by atoms with E-state index in [4.69, 9.17) is 14.5 Å². The van der Waals surface area contributed by atoms with E-state index in [1.807, 2.05) is 69.3 Å². The predicted octanol–water partition coefficient (Wildman–Crippen LogP) is 4.74. The number of aryl methyl sites for hydroxylation is 1. The molecule has 0 unspecified atom stereocenters. The number of fused-ring (bicyclic) bond motifs is 1. The number of ether oxygens (including phenoxy) is 2. The number of amides is 1. The van der Waals surface area contributed by atoms with E-state index < -0.39 is 0 Å². The Labute approximate surface area is 162 Å². The summed E-state index contributed by atoms with van der Waals surface area (Å²) in [6.07, 6.45) is 1.88. The first kappa shape index (κ1) is 17.7. The van der Waals surface area contributed by atoms with Gasteiger partial charge in [0.25, 0.3) is 5.91 Å². The number of amidine groups is 1. The summed E-state index contributed by atoms with van der Waals surface area (Å²) in [5.41, 5.74) is 2.92. The highest BCUT2D eigenvalue weighted by Crippen LogP contribution is 2.37. The quantitative estimate of drug-likeness (QED) is 0.722. The molecule has 27 heavy (non-hydrogen) atoms. The number of thioether (sulfide) groups is 1. The van der Waals surface area contributed by atoms with Crippen molar-refractivity contribution in [3.63, 3.8) is 0 Å². The predicted molar refractivity (Wildman–Crippen MR) is 108 cm³/mol. The van der Waals surface area contributed by atoms with Gasteiger partial charge in [0.1, 0.15) is 0 Å². The number of nitrogens with zero attached hydrogens (tertiary/aromatic N) is 2. The van der Waals surface area contributed by atoms with E-state index in [0.29, 0.717) is 15.8 Å². The second-order valence-corrected chi connectivity index (χ2v) is 7.73. The Hall–Kier alpha value is -2.73. The van der Waals surface area contributed by atoms with Crippen molar-refractivity contribution in [1.82, 2.24) is 4.90 Å². The molecule has 5 nitrogen and oxygen atoms in total. The number of aliphatic imine (C=N–C) groups is 1. The van der Waals surface area contributed by atoms with Crippen LogP contribution < -0.4 is 9.47 Å². The summed E-state index contributed by atoms with van der Waals surface area (Å²) >= 11 is 1.40. The summed E-state index contributed by atoms with van der Waals surface area (Å²) in [6, 6.07) is 13.7. The molecule has 0 N–H and O–H groups in total. The first-order valence-electron chi connectivity index (χ1n) is 8.79. The van der Waals surface area contributed by atoms with E-state index in [1.165, 1.54) is 17.3 Å². The molecule has 2 aliphatic heterocycles. The highest BCUT2D eigenvalue weighted by molar-refractivity contribution is 8.18. The lowest BCUT2D eigenvalue weighted by atomic mass is 10.2. The number of benzene rings is 2. The fourth-order valence-electron chi connectivity index (χ4n) is 2.90. The molecule has 2 aromatic rings. The Morgan fingerprint density at radius 1 is 1.11 bits per heavy atom. The Kier molecular flexibility index (Phi) is 4.66. The Morgan fingerprint density at radius 3 is 2.59 bits per heavy atom. The van der Waals surface area contributed by atoms with Crippen LogP contribution in [0.2, 0.25) is 0 Å². The van der Waals surface area contributed by atoms with Gasteiger partial charge >= 0.3 is 0 Å². The van der Waals surface area contributed by atoms with E-state index in [2.05, 4.69) is 0 Å². The van der Waals surface area contributed by atoms with E-state index >= 15 is 0 Å². The van der Waals surface area contributed by atoms with Gasteiger partial charge in [-0.2, -0.15) is 0 Å². The van der Waals surface area contributed by atoms with E-state index in [9.17, 15) is 4.79 Å². The lowest BCUT2D eigenvalue weighted by Gasteiger charge is -2.19. The molecule has 0 bridgehead atoms. The van der Waals surface area contributed by atoms with Crippen molar-refractivity contribution in [1.29, 1.82) is 0 Å². The van der Waals surface area contributed by atoms with Crippen molar-refractivity contribution in [3.05, 3.63) is 58.5 Å². The smallest absolute Gasteiger partial charge is 0.266 e. The molecule has 0 atom stereocenters. The van der Waals surface area contributed by atoms with E-state index in [-0.39, 0.29) is 18.7 Å². The molecule has 1 fully saturated rings. The van der Waals surface area contributed by atoms with Crippen molar-refractivity contribution in [2.75, 3.05) is 6.79 Å². The fourth-order valence-corrected chi connectivity index (χ4v) is 4.02. The molecule has 2 aromatic carbocycles.